The van der Waals surface area contributed by atoms with Crippen molar-refractivity contribution in [3.05, 3.63) is 41.9 Å². The number of rotatable bonds is 2. The van der Waals surface area contributed by atoms with E-state index in [0.717, 1.165) is 29.0 Å². The fourth-order valence-electron chi connectivity index (χ4n) is 1.73. The van der Waals surface area contributed by atoms with Gasteiger partial charge in [0.1, 0.15) is 11.3 Å². The topological polar surface area (TPSA) is 41.6 Å². The van der Waals surface area contributed by atoms with Crippen LogP contribution in [0.2, 0.25) is 0 Å². The minimum atomic E-state index is 0.880. The Kier molecular flexibility index (Phi) is 1.71. The number of nitrogens with zero attached hydrogens (tertiary/aromatic N) is 2. The molecule has 0 spiro atoms. The summed E-state index contributed by atoms with van der Waals surface area (Å²) in [5.74, 6) is 0.918. The van der Waals surface area contributed by atoms with Crippen LogP contribution in [0.15, 0.2) is 30.5 Å². The van der Waals surface area contributed by atoms with E-state index >= 15 is 0 Å². The third kappa shape index (κ3) is 1.20. The van der Waals surface area contributed by atoms with Crippen molar-refractivity contribution >= 4 is 16.7 Å². The van der Waals surface area contributed by atoms with Crippen LogP contribution in [0.4, 0.5) is 0 Å². The van der Waals surface area contributed by atoms with Crippen molar-refractivity contribution in [2.45, 2.75) is 13.3 Å². The molecule has 0 unspecified atom stereocenters. The van der Waals surface area contributed by atoms with Gasteiger partial charge in [-0.15, -0.1) is 0 Å². The molecule has 0 aliphatic heterocycles. The second-order valence-electron chi connectivity index (χ2n) is 3.59. The van der Waals surface area contributed by atoms with Crippen molar-refractivity contribution in [3.8, 4) is 0 Å². The summed E-state index contributed by atoms with van der Waals surface area (Å²) in [5, 5.41) is 0. The molecule has 0 radical (unpaired) electrons. The van der Waals surface area contributed by atoms with E-state index in [1.807, 2.05) is 30.5 Å². The van der Waals surface area contributed by atoms with Crippen molar-refractivity contribution in [2.24, 2.45) is 0 Å². The lowest BCUT2D eigenvalue weighted by atomic mass is 10.1. The van der Waals surface area contributed by atoms with Gasteiger partial charge in [0.05, 0.1) is 0 Å². The second-order valence-corrected chi connectivity index (χ2v) is 3.59. The number of allylic oxidation sites excluding steroid dienone is 4. The molecule has 0 bridgehead atoms. The van der Waals surface area contributed by atoms with Crippen LogP contribution < -0.4 is 0 Å². The van der Waals surface area contributed by atoms with Crippen molar-refractivity contribution in [1.82, 2.24) is 15.0 Å². The lowest BCUT2D eigenvalue weighted by Crippen LogP contribution is -1.88. The van der Waals surface area contributed by atoms with Gasteiger partial charge in [-0.05, 0) is 18.1 Å². The normalized spacial score (nSPS) is 14.1. The highest BCUT2D eigenvalue weighted by Crippen LogP contribution is 2.23. The van der Waals surface area contributed by atoms with Crippen molar-refractivity contribution in [2.75, 3.05) is 0 Å². The molecule has 1 N–H and O–H groups in total. The number of imidazole rings is 1. The van der Waals surface area contributed by atoms with Crippen LogP contribution in [-0.2, 0) is 6.42 Å². The molecule has 0 saturated heterocycles. The lowest BCUT2D eigenvalue weighted by molar-refractivity contribution is 1.14. The fraction of sp³-hybridized carbons (Fsp3) is 0.167. The number of aryl methyl sites for hydroxylation is 1. The molecular weight excluding hydrogens is 186 g/mol. The molecule has 3 rings (SSSR count). The highest BCUT2D eigenvalue weighted by Gasteiger charge is 2.10. The van der Waals surface area contributed by atoms with Crippen LogP contribution in [-0.4, -0.2) is 15.0 Å². The molecule has 1 aliphatic carbocycles. The van der Waals surface area contributed by atoms with Gasteiger partial charge in [0.2, 0.25) is 0 Å². The summed E-state index contributed by atoms with van der Waals surface area (Å²) >= 11 is 0. The number of H-pyrrole nitrogens is 1. The molecule has 1 aliphatic rings. The van der Waals surface area contributed by atoms with E-state index in [-0.39, 0.29) is 0 Å². The van der Waals surface area contributed by atoms with Gasteiger partial charge in [-0.2, -0.15) is 0 Å². The minimum absolute atomic E-state index is 0.880. The van der Waals surface area contributed by atoms with E-state index in [2.05, 4.69) is 21.9 Å². The van der Waals surface area contributed by atoms with Gasteiger partial charge in [0.15, 0.2) is 5.65 Å². The third-order valence-electron chi connectivity index (χ3n) is 2.67. The highest BCUT2D eigenvalue weighted by molar-refractivity contribution is 5.83. The largest absolute Gasteiger partial charge is 0.323 e. The SMILES string of the molecule is CCc1ccnc2[nH]c(C3=CC=C3)nc12. The predicted molar refractivity (Wildman–Crippen MR) is 60.4 cm³/mol. The number of hydrogen-bond donors (Lipinski definition) is 1. The molecule has 0 aromatic carbocycles. The summed E-state index contributed by atoms with van der Waals surface area (Å²) in [6, 6.07) is 2.03. The second kappa shape index (κ2) is 3.05. The zero-order chi connectivity index (χ0) is 10.3. The number of hydrogen-bond acceptors (Lipinski definition) is 2. The summed E-state index contributed by atoms with van der Waals surface area (Å²) in [5.41, 5.74) is 4.27. The third-order valence-corrected chi connectivity index (χ3v) is 2.67. The first-order valence-corrected chi connectivity index (χ1v) is 5.11. The molecular formula is C12H11N3. The van der Waals surface area contributed by atoms with Crippen LogP contribution >= 0.6 is 0 Å². The molecule has 3 nitrogen and oxygen atoms in total. The van der Waals surface area contributed by atoms with E-state index in [1.54, 1.807) is 0 Å². The number of nitrogens with one attached hydrogen (secondary N) is 1. The van der Waals surface area contributed by atoms with Gasteiger partial charge in [-0.1, -0.05) is 25.2 Å². The van der Waals surface area contributed by atoms with E-state index in [9.17, 15) is 0 Å². The first-order valence-electron chi connectivity index (χ1n) is 5.11. The molecule has 0 fully saturated rings. The lowest BCUT2D eigenvalue weighted by Gasteiger charge is -2.01. The average Bonchev–Trinajstić information content (AvgIpc) is 2.57. The molecule has 3 heteroatoms. The molecule has 2 aromatic rings. The Hall–Kier alpha value is -1.90. The van der Waals surface area contributed by atoms with Crippen LogP contribution in [0.1, 0.15) is 18.3 Å². The maximum atomic E-state index is 4.57. The van der Waals surface area contributed by atoms with E-state index in [0.29, 0.717) is 0 Å². The van der Waals surface area contributed by atoms with Crippen molar-refractivity contribution in [3.63, 3.8) is 0 Å². The van der Waals surface area contributed by atoms with Gasteiger partial charge >= 0.3 is 0 Å². The summed E-state index contributed by atoms with van der Waals surface area (Å²) in [7, 11) is 0. The van der Waals surface area contributed by atoms with Crippen LogP contribution in [0, 0.1) is 0 Å². The molecule has 2 heterocycles. The maximum absolute atomic E-state index is 4.57. The maximum Gasteiger partial charge on any atom is 0.157 e. The Labute approximate surface area is 87.6 Å². The average molecular weight is 197 g/mol. The first-order chi connectivity index (χ1) is 7.38. The molecule has 0 atom stereocenters. The number of aromatic nitrogens is 3. The summed E-state index contributed by atoms with van der Waals surface area (Å²) < 4.78 is 0. The molecule has 0 saturated carbocycles. The van der Waals surface area contributed by atoms with Crippen molar-refractivity contribution < 1.29 is 0 Å². The number of fused-ring (bicyclic) bond motifs is 1. The molecule has 74 valence electrons. The van der Waals surface area contributed by atoms with E-state index < -0.39 is 0 Å². The Morgan fingerprint density at radius 1 is 1.40 bits per heavy atom. The van der Waals surface area contributed by atoms with Crippen LogP contribution in [0.25, 0.3) is 16.7 Å². The van der Waals surface area contributed by atoms with Crippen molar-refractivity contribution in [1.29, 1.82) is 0 Å². The highest BCUT2D eigenvalue weighted by atomic mass is 15.0. The van der Waals surface area contributed by atoms with Crippen LogP contribution in [0.5, 0.6) is 0 Å². The zero-order valence-electron chi connectivity index (χ0n) is 8.49. The predicted octanol–water partition coefficient (Wildman–Crippen LogP) is 2.47. The summed E-state index contributed by atoms with van der Waals surface area (Å²) in [6.45, 7) is 2.13. The minimum Gasteiger partial charge on any atom is -0.323 e. The monoisotopic (exact) mass is 197 g/mol. The fourth-order valence-corrected chi connectivity index (χ4v) is 1.73. The van der Waals surface area contributed by atoms with Gasteiger partial charge in [-0.25, -0.2) is 9.97 Å². The Morgan fingerprint density at radius 3 is 2.93 bits per heavy atom. The number of pyridine rings is 1. The van der Waals surface area contributed by atoms with E-state index in [1.165, 1.54) is 5.56 Å². The van der Waals surface area contributed by atoms with E-state index in [4.69, 9.17) is 0 Å². The summed E-state index contributed by atoms with van der Waals surface area (Å²) in [4.78, 5) is 12.1. The Morgan fingerprint density at radius 2 is 2.27 bits per heavy atom. The molecule has 15 heavy (non-hydrogen) atoms. The first kappa shape index (κ1) is 8.41. The van der Waals surface area contributed by atoms with Crippen LogP contribution in [0.3, 0.4) is 0 Å². The van der Waals surface area contributed by atoms with Gasteiger partial charge in [-0.3, -0.25) is 0 Å². The standard InChI is InChI=1S/C12H11N3/c1-2-8-6-7-13-12-10(8)14-11(15-12)9-4-3-5-9/h3-7H,2H2,1H3,(H,13,14,15). The molecule has 2 aromatic heterocycles. The Balaban J connectivity index is 2.20. The Bertz CT molecular complexity index is 576. The van der Waals surface area contributed by atoms with Gasteiger partial charge < -0.3 is 4.98 Å². The smallest absolute Gasteiger partial charge is 0.157 e. The van der Waals surface area contributed by atoms with Gasteiger partial charge in [0, 0.05) is 11.8 Å². The molecule has 0 amide bonds. The summed E-state index contributed by atoms with van der Waals surface area (Å²) in [6.07, 6.45) is 8.91. The number of aromatic amines is 1. The zero-order valence-corrected chi connectivity index (χ0v) is 8.49. The van der Waals surface area contributed by atoms with Gasteiger partial charge in [0.25, 0.3) is 0 Å². The quantitative estimate of drug-likeness (QED) is 0.803.